The van der Waals surface area contributed by atoms with Crippen molar-refractivity contribution in [3.05, 3.63) is 0 Å². The van der Waals surface area contributed by atoms with Crippen LogP contribution in [0.3, 0.4) is 0 Å². The van der Waals surface area contributed by atoms with Gasteiger partial charge in [0.2, 0.25) is 5.91 Å². The first-order valence-electron chi connectivity index (χ1n) is 6.10. The lowest BCUT2D eigenvalue weighted by Gasteiger charge is -2.35. The predicted octanol–water partition coefficient (Wildman–Crippen LogP) is 1.50. The van der Waals surface area contributed by atoms with Crippen molar-refractivity contribution in [2.24, 2.45) is 11.8 Å². The zero-order valence-corrected chi connectivity index (χ0v) is 9.69. The molecule has 2 atom stereocenters. The van der Waals surface area contributed by atoms with Crippen LogP contribution in [0, 0.1) is 11.8 Å². The molecule has 0 radical (unpaired) electrons. The number of carbonyl (C=O) groups is 2. The SMILES string of the molecule is CC(CC1CC1)N1CC(C(=O)O)CCC1=O. The molecule has 1 saturated heterocycles. The third-order valence-corrected chi connectivity index (χ3v) is 3.70. The Bertz CT molecular complexity index is 299. The van der Waals surface area contributed by atoms with Gasteiger partial charge in [-0.2, -0.15) is 0 Å². The number of nitrogens with zero attached hydrogens (tertiary/aromatic N) is 1. The van der Waals surface area contributed by atoms with Crippen LogP contribution >= 0.6 is 0 Å². The van der Waals surface area contributed by atoms with Gasteiger partial charge in [0.25, 0.3) is 0 Å². The fourth-order valence-electron chi connectivity index (χ4n) is 2.46. The topological polar surface area (TPSA) is 57.6 Å². The molecule has 2 aliphatic rings. The summed E-state index contributed by atoms with van der Waals surface area (Å²) in [6.07, 6.45) is 4.48. The average Bonchev–Trinajstić information content (AvgIpc) is 3.01. The maximum Gasteiger partial charge on any atom is 0.308 e. The molecular formula is C12H19NO3. The zero-order chi connectivity index (χ0) is 11.7. The van der Waals surface area contributed by atoms with Crippen LogP contribution in [0.15, 0.2) is 0 Å². The maximum absolute atomic E-state index is 11.7. The molecule has 0 aromatic carbocycles. The second-order valence-electron chi connectivity index (χ2n) is 5.15. The molecule has 90 valence electrons. The van der Waals surface area contributed by atoms with Crippen molar-refractivity contribution in [3.63, 3.8) is 0 Å². The summed E-state index contributed by atoms with van der Waals surface area (Å²) < 4.78 is 0. The Kier molecular flexibility index (Phi) is 3.17. The molecule has 16 heavy (non-hydrogen) atoms. The molecule has 1 N–H and O–H groups in total. The molecular weight excluding hydrogens is 206 g/mol. The minimum absolute atomic E-state index is 0.130. The number of carboxylic acid groups (broad SMARTS) is 1. The van der Waals surface area contributed by atoms with Crippen molar-refractivity contribution >= 4 is 11.9 Å². The molecule has 1 amide bonds. The first-order valence-corrected chi connectivity index (χ1v) is 6.10. The van der Waals surface area contributed by atoms with Gasteiger partial charge in [-0.1, -0.05) is 12.8 Å². The Morgan fingerprint density at radius 3 is 2.75 bits per heavy atom. The van der Waals surface area contributed by atoms with Crippen LogP contribution in [0.2, 0.25) is 0 Å². The van der Waals surface area contributed by atoms with E-state index in [-0.39, 0.29) is 17.9 Å². The zero-order valence-electron chi connectivity index (χ0n) is 9.69. The van der Waals surface area contributed by atoms with E-state index in [2.05, 4.69) is 0 Å². The maximum atomic E-state index is 11.7. The number of aliphatic carboxylic acids is 1. The van der Waals surface area contributed by atoms with E-state index in [1.165, 1.54) is 12.8 Å². The molecule has 0 spiro atoms. The Balaban J connectivity index is 1.93. The molecule has 4 nitrogen and oxygen atoms in total. The summed E-state index contributed by atoms with van der Waals surface area (Å²) in [4.78, 5) is 24.4. The molecule has 2 unspecified atom stereocenters. The van der Waals surface area contributed by atoms with Gasteiger partial charge in [-0.15, -0.1) is 0 Å². The number of hydrogen-bond donors (Lipinski definition) is 1. The minimum Gasteiger partial charge on any atom is -0.481 e. The van der Waals surface area contributed by atoms with Gasteiger partial charge in [0.1, 0.15) is 0 Å². The van der Waals surface area contributed by atoms with Gasteiger partial charge in [0.05, 0.1) is 5.92 Å². The minimum atomic E-state index is -0.767. The number of carbonyl (C=O) groups excluding carboxylic acids is 1. The van der Waals surface area contributed by atoms with E-state index in [1.807, 2.05) is 6.92 Å². The molecule has 1 aliphatic heterocycles. The monoisotopic (exact) mass is 225 g/mol. The molecule has 4 heteroatoms. The van der Waals surface area contributed by atoms with Gasteiger partial charge >= 0.3 is 5.97 Å². The van der Waals surface area contributed by atoms with Crippen molar-refractivity contribution in [1.82, 2.24) is 4.90 Å². The second-order valence-corrected chi connectivity index (χ2v) is 5.15. The molecule has 2 fully saturated rings. The van der Waals surface area contributed by atoms with Gasteiger partial charge in [0, 0.05) is 19.0 Å². The predicted molar refractivity (Wildman–Crippen MR) is 58.9 cm³/mol. The molecule has 1 saturated carbocycles. The van der Waals surface area contributed by atoms with E-state index in [0.29, 0.717) is 19.4 Å². The van der Waals surface area contributed by atoms with E-state index in [4.69, 9.17) is 5.11 Å². The average molecular weight is 225 g/mol. The quantitative estimate of drug-likeness (QED) is 0.788. The number of rotatable bonds is 4. The van der Waals surface area contributed by atoms with Crippen LogP contribution in [0.1, 0.15) is 39.0 Å². The Hall–Kier alpha value is -1.06. The molecule has 1 aliphatic carbocycles. The smallest absolute Gasteiger partial charge is 0.308 e. The molecule has 1 heterocycles. The molecule has 0 aromatic heterocycles. The van der Waals surface area contributed by atoms with Crippen LogP contribution < -0.4 is 0 Å². The van der Waals surface area contributed by atoms with Crippen molar-refractivity contribution in [2.75, 3.05) is 6.54 Å². The summed E-state index contributed by atoms with van der Waals surface area (Å²) in [6, 6.07) is 0.210. The van der Waals surface area contributed by atoms with E-state index in [1.54, 1.807) is 4.90 Å². The highest BCUT2D eigenvalue weighted by Crippen LogP contribution is 2.35. The van der Waals surface area contributed by atoms with Crippen LogP contribution in [-0.4, -0.2) is 34.5 Å². The largest absolute Gasteiger partial charge is 0.481 e. The molecule has 0 bridgehead atoms. The summed E-state index contributed by atoms with van der Waals surface area (Å²) in [5.41, 5.74) is 0. The van der Waals surface area contributed by atoms with Crippen LogP contribution in [0.4, 0.5) is 0 Å². The molecule has 0 aromatic rings. The van der Waals surface area contributed by atoms with E-state index >= 15 is 0 Å². The van der Waals surface area contributed by atoms with Crippen LogP contribution in [-0.2, 0) is 9.59 Å². The summed E-state index contributed by atoms with van der Waals surface area (Å²) in [5.74, 6) is -0.228. The summed E-state index contributed by atoms with van der Waals surface area (Å²) in [6.45, 7) is 2.45. The normalized spacial score (nSPS) is 27.9. The fourth-order valence-corrected chi connectivity index (χ4v) is 2.46. The second kappa shape index (κ2) is 4.44. The third kappa shape index (κ3) is 2.54. The standard InChI is InChI=1S/C12H19NO3/c1-8(6-9-2-3-9)13-7-10(12(15)16)4-5-11(13)14/h8-10H,2-7H2,1H3,(H,15,16). The number of hydrogen-bond acceptors (Lipinski definition) is 2. The molecule has 2 rings (SSSR count). The van der Waals surface area contributed by atoms with Crippen LogP contribution in [0.5, 0.6) is 0 Å². The number of carboxylic acids is 1. The van der Waals surface area contributed by atoms with Crippen molar-refractivity contribution in [3.8, 4) is 0 Å². The van der Waals surface area contributed by atoms with Gasteiger partial charge in [-0.25, -0.2) is 0 Å². The summed E-state index contributed by atoms with van der Waals surface area (Å²) in [5, 5.41) is 8.98. The lowest BCUT2D eigenvalue weighted by atomic mass is 9.95. The first-order chi connectivity index (χ1) is 7.58. The Labute approximate surface area is 95.6 Å². The number of likely N-dealkylation sites (tertiary alicyclic amines) is 1. The number of amides is 1. The lowest BCUT2D eigenvalue weighted by molar-refractivity contribution is -0.148. The highest BCUT2D eigenvalue weighted by Gasteiger charge is 2.34. The third-order valence-electron chi connectivity index (χ3n) is 3.70. The van der Waals surface area contributed by atoms with Crippen molar-refractivity contribution in [2.45, 2.75) is 45.1 Å². The van der Waals surface area contributed by atoms with Gasteiger partial charge in [-0.3, -0.25) is 9.59 Å². The fraction of sp³-hybridized carbons (Fsp3) is 0.833. The highest BCUT2D eigenvalue weighted by atomic mass is 16.4. The lowest BCUT2D eigenvalue weighted by Crippen LogP contribution is -2.47. The summed E-state index contributed by atoms with van der Waals surface area (Å²) >= 11 is 0. The van der Waals surface area contributed by atoms with Crippen molar-refractivity contribution in [1.29, 1.82) is 0 Å². The summed E-state index contributed by atoms with van der Waals surface area (Å²) in [7, 11) is 0. The van der Waals surface area contributed by atoms with E-state index in [9.17, 15) is 9.59 Å². The number of piperidine rings is 1. The first kappa shape index (κ1) is 11.4. The van der Waals surface area contributed by atoms with E-state index in [0.717, 1.165) is 12.3 Å². The van der Waals surface area contributed by atoms with Gasteiger partial charge in [-0.05, 0) is 25.7 Å². The Morgan fingerprint density at radius 1 is 1.50 bits per heavy atom. The van der Waals surface area contributed by atoms with Crippen molar-refractivity contribution < 1.29 is 14.7 Å². The van der Waals surface area contributed by atoms with Gasteiger partial charge in [0.15, 0.2) is 0 Å². The van der Waals surface area contributed by atoms with E-state index < -0.39 is 5.97 Å². The van der Waals surface area contributed by atoms with Crippen LogP contribution in [0.25, 0.3) is 0 Å². The highest BCUT2D eigenvalue weighted by molar-refractivity contribution is 5.80. The van der Waals surface area contributed by atoms with Gasteiger partial charge < -0.3 is 10.0 Å². The Morgan fingerprint density at radius 2 is 2.19 bits per heavy atom.